The van der Waals surface area contributed by atoms with Crippen molar-refractivity contribution in [3.05, 3.63) is 47.2 Å². The van der Waals surface area contributed by atoms with Gasteiger partial charge >= 0.3 is 0 Å². The van der Waals surface area contributed by atoms with Crippen LogP contribution in [-0.2, 0) is 6.54 Å². The standard InChI is InChI=1S/C13H17N5/c1-9-4-3-5-11(6-9)8-15-12-7-10(2)16-13(17-12)18-14/h3-7H,8,14H2,1-2H3,(H2,15,16,17,18). The Morgan fingerprint density at radius 3 is 2.72 bits per heavy atom. The maximum atomic E-state index is 5.31. The Morgan fingerprint density at radius 1 is 1.17 bits per heavy atom. The lowest BCUT2D eigenvalue weighted by Gasteiger charge is -2.08. The smallest absolute Gasteiger partial charge is 0.239 e. The van der Waals surface area contributed by atoms with Crippen molar-refractivity contribution in [3.8, 4) is 0 Å². The number of anilines is 2. The molecular formula is C13H17N5. The summed E-state index contributed by atoms with van der Waals surface area (Å²) in [5, 5.41) is 3.26. The van der Waals surface area contributed by atoms with Gasteiger partial charge in [0.05, 0.1) is 0 Å². The summed E-state index contributed by atoms with van der Waals surface area (Å²) in [5.41, 5.74) is 5.78. The molecule has 0 atom stereocenters. The minimum Gasteiger partial charge on any atom is -0.366 e. The van der Waals surface area contributed by atoms with Crippen LogP contribution in [0.25, 0.3) is 0 Å². The van der Waals surface area contributed by atoms with E-state index >= 15 is 0 Å². The van der Waals surface area contributed by atoms with Gasteiger partial charge in [-0.25, -0.2) is 10.8 Å². The quantitative estimate of drug-likeness (QED) is 0.565. The predicted octanol–water partition coefficient (Wildman–Crippen LogP) is 1.99. The van der Waals surface area contributed by atoms with E-state index in [0.717, 1.165) is 18.1 Å². The summed E-state index contributed by atoms with van der Waals surface area (Å²) < 4.78 is 0. The zero-order valence-corrected chi connectivity index (χ0v) is 10.6. The predicted molar refractivity (Wildman–Crippen MR) is 73.1 cm³/mol. The van der Waals surface area contributed by atoms with Crippen molar-refractivity contribution in [1.29, 1.82) is 0 Å². The molecule has 0 aliphatic heterocycles. The molecule has 0 saturated carbocycles. The van der Waals surface area contributed by atoms with Crippen LogP contribution in [0.3, 0.4) is 0 Å². The summed E-state index contributed by atoms with van der Waals surface area (Å²) >= 11 is 0. The van der Waals surface area contributed by atoms with Gasteiger partial charge in [0.15, 0.2) is 0 Å². The number of hydrazine groups is 1. The van der Waals surface area contributed by atoms with E-state index in [1.807, 2.05) is 19.1 Å². The molecular weight excluding hydrogens is 226 g/mol. The van der Waals surface area contributed by atoms with Crippen molar-refractivity contribution in [3.63, 3.8) is 0 Å². The maximum absolute atomic E-state index is 5.31. The first kappa shape index (κ1) is 12.3. The first-order chi connectivity index (χ1) is 8.67. The Balaban J connectivity index is 2.08. The lowest BCUT2D eigenvalue weighted by atomic mass is 10.1. The monoisotopic (exact) mass is 243 g/mol. The lowest BCUT2D eigenvalue weighted by Crippen LogP contribution is -2.12. The van der Waals surface area contributed by atoms with Crippen LogP contribution in [0.5, 0.6) is 0 Å². The number of hydrogen-bond donors (Lipinski definition) is 3. The number of nitrogens with zero attached hydrogens (tertiary/aromatic N) is 2. The number of nitrogen functional groups attached to an aromatic ring is 1. The molecule has 0 unspecified atom stereocenters. The second kappa shape index (κ2) is 5.46. The third kappa shape index (κ3) is 3.18. The largest absolute Gasteiger partial charge is 0.366 e. The average Bonchev–Trinajstić information content (AvgIpc) is 2.36. The third-order valence-electron chi connectivity index (χ3n) is 2.54. The van der Waals surface area contributed by atoms with Gasteiger partial charge in [-0.3, -0.25) is 5.43 Å². The van der Waals surface area contributed by atoms with Crippen molar-refractivity contribution in [2.75, 3.05) is 10.7 Å². The van der Waals surface area contributed by atoms with E-state index in [2.05, 4.69) is 45.8 Å². The van der Waals surface area contributed by atoms with Gasteiger partial charge in [-0.1, -0.05) is 29.8 Å². The average molecular weight is 243 g/mol. The first-order valence-corrected chi connectivity index (χ1v) is 5.79. The topological polar surface area (TPSA) is 75.9 Å². The highest BCUT2D eigenvalue weighted by Gasteiger charge is 2.00. The fourth-order valence-corrected chi connectivity index (χ4v) is 1.74. The first-order valence-electron chi connectivity index (χ1n) is 5.79. The summed E-state index contributed by atoms with van der Waals surface area (Å²) in [4.78, 5) is 8.37. The van der Waals surface area contributed by atoms with Gasteiger partial charge in [0.1, 0.15) is 5.82 Å². The Kier molecular flexibility index (Phi) is 3.74. The van der Waals surface area contributed by atoms with E-state index in [9.17, 15) is 0 Å². The van der Waals surface area contributed by atoms with Crippen molar-refractivity contribution in [2.45, 2.75) is 20.4 Å². The molecule has 5 nitrogen and oxygen atoms in total. The number of aromatic nitrogens is 2. The fourth-order valence-electron chi connectivity index (χ4n) is 1.74. The molecule has 0 amide bonds. The van der Waals surface area contributed by atoms with E-state index in [1.165, 1.54) is 11.1 Å². The van der Waals surface area contributed by atoms with Crippen molar-refractivity contribution >= 4 is 11.8 Å². The van der Waals surface area contributed by atoms with Crippen LogP contribution < -0.4 is 16.6 Å². The highest BCUT2D eigenvalue weighted by atomic mass is 15.3. The van der Waals surface area contributed by atoms with Crippen LogP contribution in [0.1, 0.15) is 16.8 Å². The highest BCUT2D eigenvalue weighted by molar-refractivity contribution is 5.42. The molecule has 1 heterocycles. The normalized spacial score (nSPS) is 10.2. The van der Waals surface area contributed by atoms with Crippen LogP contribution in [0.15, 0.2) is 30.3 Å². The number of aryl methyl sites for hydroxylation is 2. The molecule has 0 fully saturated rings. The molecule has 0 aliphatic rings. The second-order valence-corrected chi connectivity index (χ2v) is 4.21. The summed E-state index contributed by atoms with van der Waals surface area (Å²) in [6, 6.07) is 10.2. The number of rotatable bonds is 4. The number of nitrogens with one attached hydrogen (secondary N) is 2. The minimum absolute atomic E-state index is 0.418. The Morgan fingerprint density at radius 2 is 2.00 bits per heavy atom. The van der Waals surface area contributed by atoms with Gasteiger partial charge in [-0.05, 0) is 19.4 Å². The summed E-state index contributed by atoms with van der Waals surface area (Å²) in [5.74, 6) is 6.49. The molecule has 0 saturated heterocycles. The van der Waals surface area contributed by atoms with E-state index < -0.39 is 0 Å². The van der Waals surface area contributed by atoms with Crippen molar-refractivity contribution in [1.82, 2.24) is 9.97 Å². The van der Waals surface area contributed by atoms with Crippen LogP contribution in [-0.4, -0.2) is 9.97 Å². The summed E-state index contributed by atoms with van der Waals surface area (Å²) in [6.07, 6.45) is 0. The van der Waals surface area contributed by atoms with E-state index in [4.69, 9.17) is 5.84 Å². The van der Waals surface area contributed by atoms with Crippen molar-refractivity contribution in [2.24, 2.45) is 5.84 Å². The van der Waals surface area contributed by atoms with Crippen LogP contribution in [0, 0.1) is 13.8 Å². The molecule has 2 aromatic rings. The molecule has 18 heavy (non-hydrogen) atoms. The molecule has 1 aromatic carbocycles. The third-order valence-corrected chi connectivity index (χ3v) is 2.54. The second-order valence-electron chi connectivity index (χ2n) is 4.21. The molecule has 0 bridgehead atoms. The molecule has 0 spiro atoms. The molecule has 2 rings (SSSR count). The van der Waals surface area contributed by atoms with Crippen LogP contribution in [0.2, 0.25) is 0 Å². The lowest BCUT2D eigenvalue weighted by molar-refractivity contribution is 1.04. The van der Waals surface area contributed by atoms with E-state index in [0.29, 0.717) is 5.95 Å². The number of benzene rings is 1. The summed E-state index contributed by atoms with van der Waals surface area (Å²) in [6.45, 7) is 4.71. The fraction of sp³-hybridized carbons (Fsp3) is 0.231. The zero-order chi connectivity index (χ0) is 13.0. The van der Waals surface area contributed by atoms with Gasteiger partial charge < -0.3 is 5.32 Å². The molecule has 0 aliphatic carbocycles. The number of hydrogen-bond acceptors (Lipinski definition) is 5. The van der Waals surface area contributed by atoms with E-state index in [1.54, 1.807) is 0 Å². The highest BCUT2D eigenvalue weighted by Crippen LogP contribution is 2.11. The van der Waals surface area contributed by atoms with Gasteiger partial charge in [-0.15, -0.1) is 0 Å². The Hall–Kier alpha value is -2.14. The summed E-state index contributed by atoms with van der Waals surface area (Å²) in [7, 11) is 0. The Bertz CT molecular complexity index is 539. The molecule has 4 N–H and O–H groups in total. The van der Waals surface area contributed by atoms with Gasteiger partial charge in [0, 0.05) is 18.3 Å². The maximum Gasteiger partial charge on any atom is 0.239 e. The Labute approximate surface area is 106 Å². The van der Waals surface area contributed by atoms with Crippen LogP contribution >= 0.6 is 0 Å². The van der Waals surface area contributed by atoms with Gasteiger partial charge in [0.2, 0.25) is 5.95 Å². The number of nitrogens with two attached hydrogens (primary N) is 1. The molecule has 94 valence electrons. The van der Waals surface area contributed by atoms with Gasteiger partial charge in [-0.2, -0.15) is 4.98 Å². The zero-order valence-electron chi connectivity index (χ0n) is 10.6. The minimum atomic E-state index is 0.418. The van der Waals surface area contributed by atoms with E-state index in [-0.39, 0.29) is 0 Å². The van der Waals surface area contributed by atoms with Crippen LogP contribution in [0.4, 0.5) is 11.8 Å². The molecule has 5 heteroatoms. The van der Waals surface area contributed by atoms with Crippen molar-refractivity contribution < 1.29 is 0 Å². The molecule has 0 radical (unpaired) electrons. The molecule has 1 aromatic heterocycles. The van der Waals surface area contributed by atoms with Gasteiger partial charge in [0.25, 0.3) is 0 Å². The SMILES string of the molecule is Cc1cccc(CNc2cc(C)nc(NN)n2)c1.